The van der Waals surface area contributed by atoms with Gasteiger partial charge in [-0.3, -0.25) is 0 Å². The van der Waals surface area contributed by atoms with E-state index in [-0.39, 0.29) is 6.10 Å². The Kier molecular flexibility index (Phi) is 3.82. The van der Waals surface area contributed by atoms with Crippen molar-refractivity contribution in [3.8, 4) is 5.69 Å². The Morgan fingerprint density at radius 3 is 2.76 bits per heavy atom. The molecule has 0 aliphatic carbocycles. The molecule has 0 aliphatic heterocycles. The molecule has 90 valence electrons. The third-order valence-corrected chi connectivity index (χ3v) is 2.71. The van der Waals surface area contributed by atoms with Crippen LogP contribution in [-0.2, 0) is 6.42 Å². The van der Waals surface area contributed by atoms with Crippen molar-refractivity contribution in [2.45, 2.75) is 32.3 Å². The Morgan fingerprint density at radius 2 is 2.06 bits per heavy atom. The fourth-order valence-electron chi connectivity index (χ4n) is 1.63. The molecule has 1 unspecified atom stereocenters. The van der Waals surface area contributed by atoms with Crippen molar-refractivity contribution in [2.24, 2.45) is 0 Å². The van der Waals surface area contributed by atoms with E-state index in [9.17, 15) is 5.11 Å². The summed E-state index contributed by atoms with van der Waals surface area (Å²) >= 11 is 0. The summed E-state index contributed by atoms with van der Waals surface area (Å²) in [6.45, 7) is 1.96. The first-order chi connectivity index (χ1) is 8.31. The van der Waals surface area contributed by atoms with Gasteiger partial charge in [-0.1, -0.05) is 25.1 Å². The molecule has 1 aromatic heterocycles. The maximum atomic E-state index is 9.54. The van der Waals surface area contributed by atoms with Crippen molar-refractivity contribution >= 4 is 0 Å². The van der Waals surface area contributed by atoms with Crippen molar-refractivity contribution in [1.82, 2.24) is 20.2 Å². The van der Waals surface area contributed by atoms with Crippen LogP contribution in [0.25, 0.3) is 5.69 Å². The number of nitrogens with zero attached hydrogens (tertiary/aromatic N) is 4. The van der Waals surface area contributed by atoms with Gasteiger partial charge in [-0.2, -0.15) is 4.68 Å². The monoisotopic (exact) mass is 232 g/mol. The van der Waals surface area contributed by atoms with Crippen LogP contribution in [0.3, 0.4) is 0 Å². The van der Waals surface area contributed by atoms with E-state index in [2.05, 4.69) is 15.5 Å². The lowest BCUT2D eigenvalue weighted by molar-refractivity contribution is 0.159. The topological polar surface area (TPSA) is 63.8 Å². The van der Waals surface area contributed by atoms with Crippen LogP contribution in [0.5, 0.6) is 0 Å². The summed E-state index contributed by atoms with van der Waals surface area (Å²) in [7, 11) is 0. The molecule has 17 heavy (non-hydrogen) atoms. The van der Waals surface area contributed by atoms with Crippen LogP contribution in [0.2, 0.25) is 0 Å². The summed E-state index contributed by atoms with van der Waals surface area (Å²) in [6, 6.07) is 9.75. The van der Waals surface area contributed by atoms with Crippen LogP contribution in [0.15, 0.2) is 30.3 Å². The van der Waals surface area contributed by atoms with E-state index in [0.717, 1.165) is 17.9 Å². The number of aliphatic hydroxyl groups excluding tert-OH is 1. The minimum Gasteiger partial charge on any atom is -0.393 e. The van der Waals surface area contributed by atoms with Gasteiger partial charge in [0.15, 0.2) is 5.82 Å². The Hall–Kier alpha value is -1.75. The van der Waals surface area contributed by atoms with Gasteiger partial charge in [-0.15, -0.1) is 5.10 Å². The Morgan fingerprint density at radius 1 is 1.29 bits per heavy atom. The maximum Gasteiger partial charge on any atom is 0.156 e. The molecule has 0 fully saturated rings. The molecule has 1 aromatic carbocycles. The quantitative estimate of drug-likeness (QED) is 0.845. The zero-order valence-electron chi connectivity index (χ0n) is 9.82. The molecule has 0 bridgehead atoms. The standard InChI is InChI=1S/C12H16N4O/c1-2-11(17)8-9-12-13-14-15-16(12)10-6-4-3-5-7-10/h3-7,11,17H,2,8-9H2,1H3. The van der Waals surface area contributed by atoms with Gasteiger partial charge in [0, 0.05) is 6.42 Å². The molecule has 0 saturated carbocycles. The van der Waals surface area contributed by atoms with E-state index in [4.69, 9.17) is 0 Å². The van der Waals surface area contributed by atoms with Crippen molar-refractivity contribution in [3.05, 3.63) is 36.2 Å². The smallest absolute Gasteiger partial charge is 0.156 e. The maximum absolute atomic E-state index is 9.54. The molecule has 0 radical (unpaired) electrons. The highest BCUT2D eigenvalue weighted by Crippen LogP contribution is 2.10. The van der Waals surface area contributed by atoms with Crippen molar-refractivity contribution < 1.29 is 5.11 Å². The third kappa shape index (κ3) is 2.88. The minimum atomic E-state index is -0.282. The summed E-state index contributed by atoms with van der Waals surface area (Å²) in [6.07, 6.45) is 1.84. The Balaban J connectivity index is 2.12. The average Bonchev–Trinajstić information content (AvgIpc) is 2.85. The van der Waals surface area contributed by atoms with Crippen LogP contribution >= 0.6 is 0 Å². The lowest BCUT2D eigenvalue weighted by atomic mass is 10.1. The fraction of sp³-hybridized carbons (Fsp3) is 0.417. The SMILES string of the molecule is CCC(O)CCc1nnnn1-c1ccccc1. The average molecular weight is 232 g/mol. The number of hydrogen-bond acceptors (Lipinski definition) is 4. The van der Waals surface area contributed by atoms with Crippen LogP contribution in [0, 0.1) is 0 Å². The second-order valence-corrected chi connectivity index (χ2v) is 3.94. The molecule has 0 saturated heterocycles. The molecular formula is C12H16N4O. The van der Waals surface area contributed by atoms with E-state index in [1.807, 2.05) is 37.3 Å². The number of aromatic nitrogens is 4. The highest BCUT2D eigenvalue weighted by molar-refractivity contribution is 5.30. The van der Waals surface area contributed by atoms with Gasteiger partial charge in [0.2, 0.25) is 0 Å². The molecule has 0 amide bonds. The van der Waals surface area contributed by atoms with Gasteiger partial charge in [-0.05, 0) is 35.4 Å². The number of aliphatic hydroxyl groups is 1. The molecule has 1 N–H and O–H groups in total. The first-order valence-corrected chi connectivity index (χ1v) is 5.82. The summed E-state index contributed by atoms with van der Waals surface area (Å²) < 4.78 is 1.71. The molecule has 1 heterocycles. The van der Waals surface area contributed by atoms with Crippen molar-refractivity contribution in [2.75, 3.05) is 0 Å². The molecule has 0 spiro atoms. The Labute approximate surface area is 100 Å². The summed E-state index contributed by atoms with van der Waals surface area (Å²) in [4.78, 5) is 0. The van der Waals surface area contributed by atoms with E-state index in [1.54, 1.807) is 4.68 Å². The molecule has 5 nitrogen and oxygen atoms in total. The van der Waals surface area contributed by atoms with Gasteiger partial charge in [0.25, 0.3) is 0 Å². The minimum absolute atomic E-state index is 0.282. The normalized spacial score (nSPS) is 12.6. The number of tetrazole rings is 1. The number of aryl methyl sites for hydroxylation is 1. The molecule has 2 aromatic rings. The van der Waals surface area contributed by atoms with Crippen molar-refractivity contribution in [3.63, 3.8) is 0 Å². The van der Waals surface area contributed by atoms with Gasteiger partial charge >= 0.3 is 0 Å². The highest BCUT2D eigenvalue weighted by Gasteiger charge is 2.09. The fourth-order valence-corrected chi connectivity index (χ4v) is 1.63. The predicted octanol–water partition coefficient (Wildman–Crippen LogP) is 1.37. The van der Waals surface area contributed by atoms with Crippen LogP contribution in [-0.4, -0.2) is 31.4 Å². The molecule has 0 aliphatic rings. The third-order valence-electron chi connectivity index (χ3n) is 2.71. The second-order valence-electron chi connectivity index (χ2n) is 3.94. The van der Waals surface area contributed by atoms with Crippen molar-refractivity contribution in [1.29, 1.82) is 0 Å². The first kappa shape index (κ1) is 11.7. The lowest BCUT2D eigenvalue weighted by Gasteiger charge is -2.07. The van der Waals surface area contributed by atoms with E-state index < -0.39 is 0 Å². The van der Waals surface area contributed by atoms with Gasteiger partial charge < -0.3 is 5.11 Å². The second kappa shape index (κ2) is 5.54. The van der Waals surface area contributed by atoms with Gasteiger partial charge in [0.1, 0.15) is 0 Å². The molecule has 2 rings (SSSR count). The van der Waals surface area contributed by atoms with E-state index in [1.165, 1.54) is 0 Å². The number of para-hydroxylation sites is 1. The highest BCUT2D eigenvalue weighted by atomic mass is 16.3. The van der Waals surface area contributed by atoms with Crippen LogP contribution in [0.1, 0.15) is 25.6 Å². The zero-order valence-corrected chi connectivity index (χ0v) is 9.82. The molecule has 5 heteroatoms. The summed E-state index contributed by atoms with van der Waals surface area (Å²) in [5, 5.41) is 21.2. The molecule has 1 atom stereocenters. The Bertz CT molecular complexity index is 455. The lowest BCUT2D eigenvalue weighted by Crippen LogP contribution is -2.09. The zero-order chi connectivity index (χ0) is 12.1. The largest absolute Gasteiger partial charge is 0.393 e. The number of hydrogen-bond donors (Lipinski definition) is 1. The summed E-state index contributed by atoms with van der Waals surface area (Å²) in [5.41, 5.74) is 0.943. The summed E-state index contributed by atoms with van der Waals surface area (Å²) in [5.74, 6) is 0.781. The van der Waals surface area contributed by atoms with E-state index >= 15 is 0 Å². The number of benzene rings is 1. The predicted molar refractivity (Wildman–Crippen MR) is 63.8 cm³/mol. The van der Waals surface area contributed by atoms with Gasteiger partial charge in [-0.25, -0.2) is 0 Å². The van der Waals surface area contributed by atoms with Gasteiger partial charge in [0.05, 0.1) is 11.8 Å². The molecular weight excluding hydrogens is 216 g/mol. The van der Waals surface area contributed by atoms with Crippen LogP contribution in [0.4, 0.5) is 0 Å². The van der Waals surface area contributed by atoms with Crippen LogP contribution < -0.4 is 0 Å². The number of rotatable bonds is 5. The first-order valence-electron chi connectivity index (χ1n) is 5.82. The van der Waals surface area contributed by atoms with E-state index in [0.29, 0.717) is 12.8 Å².